The summed E-state index contributed by atoms with van der Waals surface area (Å²) in [6.45, 7) is 2.63. The molecule has 12 unspecified atom stereocenters. The van der Waals surface area contributed by atoms with E-state index in [4.69, 9.17) is 18.9 Å². The lowest BCUT2D eigenvalue weighted by Crippen LogP contribution is -2.65. The molecule has 0 saturated carbocycles. The number of aliphatic hydroxyl groups excluding tert-OH is 8. The third kappa shape index (κ3) is 37.3. The van der Waals surface area contributed by atoms with Crippen LogP contribution >= 0.6 is 0 Å². The zero-order valence-corrected chi connectivity index (χ0v) is 50.9. The molecule has 0 aromatic rings. The van der Waals surface area contributed by atoms with Gasteiger partial charge in [0.25, 0.3) is 0 Å². The summed E-state index contributed by atoms with van der Waals surface area (Å²) in [6, 6.07) is -0.952. The van der Waals surface area contributed by atoms with Crippen LogP contribution in [0.25, 0.3) is 0 Å². The lowest BCUT2D eigenvalue weighted by atomic mass is 9.97. The highest BCUT2D eigenvalue weighted by atomic mass is 16.7. The van der Waals surface area contributed by atoms with Gasteiger partial charge in [0.05, 0.1) is 32.0 Å². The number of unbranched alkanes of at least 4 members (excludes halogenated alkanes) is 16. The monoisotopic (exact) mass is 1160 g/mol. The number of ether oxygens (including phenoxy) is 4. The fraction of sp³-hybridized carbons (Fsp3) is 0.667. The number of carbonyl (C=O) groups is 1. The molecule has 14 heteroatoms. The quantitative estimate of drug-likeness (QED) is 0.0204. The van der Waals surface area contributed by atoms with Gasteiger partial charge in [-0.1, -0.05) is 225 Å². The average molecular weight is 1160 g/mol. The number of rotatable bonds is 49. The second-order valence-electron chi connectivity index (χ2n) is 21.8. The van der Waals surface area contributed by atoms with Gasteiger partial charge in [-0.25, -0.2) is 0 Å². The van der Waals surface area contributed by atoms with E-state index >= 15 is 0 Å². The van der Waals surface area contributed by atoms with Crippen LogP contribution in [-0.2, 0) is 23.7 Å². The number of nitrogens with one attached hydrogen (secondary N) is 1. The third-order valence-corrected chi connectivity index (χ3v) is 14.6. The zero-order valence-electron chi connectivity index (χ0n) is 50.9. The molecule has 2 saturated heterocycles. The van der Waals surface area contributed by atoms with Crippen molar-refractivity contribution in [3.8, 4) is 0 Å². The fourth-order valence-corrected chi connectivity index (χ4v) is 9.47. The smallest absolute Gasteiger partial charge is 0.220 e. The van der Waals surface area contributed by atoms with Crippen molar-refractivity contribution in [1.29, 1.82) is 0 Å². The van der Waals surface area contributed by atoms with Gasteiger partial charge in [-0.05, 0) is 103 Å². The molecule has 472 valence electrons. The highest BCUT2D eigenvalue weighted by molar-refractivity contribution is 5.76. The van der Waals surface area contributed by atoms with Crippen molar-refractivity contribution in [3.63, 3.8) is 0 Å². The molecule has 0 radical (unpaired) electrons. The molecule has 0 bridgehead atoms. The van der Waals surface area contributed by atoms with E-state index in [1.54, 1.807) is 6.08 Å². The van der Waals surface area contributed by atoms with Crippen LogP contribution in [0.1, 0.15) is 200 Å². The van der Waals surface area contributed by atoms with Crippen LogP contribution in [0.4, 0.5) is 0 Å². The predicted molar refractivity (Wildman–Crippen MR) is 336 cm³/mol. The standard InChI is InChI=1S/C69H113NO13/c1-3-5-7-9-11-13-15-17-19-21-22-23-24-25-26-27-28-29-30-31-32-33-34-35-36-37-39-41-43-45-47-49-51-53-61(74)70-57(58(73)52-50-48-46-44-42-40-38-20-18-16-14-12-10-8-6-4-2)56-80-68-66(79)64(77)67(60(55-72)82-68)83-69-65(78)63(76)62(75)59(54-71)81-69/h5,7,11,13,17,19,22-23,25-26,28-29,31-32,34-35,37,39,42,44,50,52,57-60,62-69,71-73,75-79H,3-4,6,8-10,12,14-16,18,20-21,24,27,30,33,36,38,40-41,43,45-49,51,53-56H2,1-2H3,(H,70,74)/b7-5-,13-11-,19-17-,23-22-,26-25-,29-28-,32-31-,35-34-,39-37-,44-42+,52-50+. The first-order valence-corrected chi connectivity index (χ1v) is 31.9. The lowest BCUT2D eigenvalue weighted by molar-refractivity contribution is -0.359. The second kappa shape index (κ2) is 52.5. The molecule has 83 heavy (non-hydrogen) atoms. The van der Waals surface area contributed by atoms with Crippen molar-refractivity contribution in [2.75, 3.05) is 19.8 Å². The van der Waals surface area contributed by atoms with E-state index in [-0.39, 0.29) is 18.9 Å². The van der Waals surface area contributed by atoms with Gasteiger partial charge < -0.3 is 65.1 Å². The van der Waals surface area contributed by atoms with Gasteiger partial charge in [-0.2, -0.15) is 0 Å². The Labute approximate surface area is 500 Å². The summed E-state index contributed by atoms with van der Waals surface area (Å²) in [5.74, 6) is -0.274. The molecule has 14 nitrogen and oxygen atoms in total. The molecule has 1 amide bonds. The normalized spacial score (nSPS) is 24.7. The molecule has 2 heterocycles. The fourth-order valence-electron chi connectivity index (χ4n) is 9.47. The molecule has 2 rings (SSSR count). The number of allylic oxidation sites excluding steroid dienone is 21. The van der Waals surface area contributed by atoms with Gasteiger partial charge in [-0.3, -0.25) is 4.79 Å². The Hall–Kier alpha value is -3.87. The second-order valence-corrected chi connectivity index (χ2v) is 21.8. The number of hydrogen-bond acceptors (Lipinski definition) is 13. The zero-order chi connectivity index (χ0) is 60.2. The number of hydrogen-bond donors (Lipinski definition) is 9. The molecule has 2 aliphatic rings. The summed E-state index contributed by atoms with van der Waals surface area (Å²) in [5.41, 5.74) is 0. The van der Waals surface area contributed by atoms with Crippen LogP contribution in [0.5, 0.6) is 0 Å². The summed E-state index contributed by atoms with van der Waals surface area (Å²) in [6.07, 6.45) is 60.6. The summed E-state index contributed by atoms with van der Waals surface area (Å²) >= 11 is 0. The molecular weight excluding hydrogens is 1050 g/mol. The summed E-state index contributed by atoms with van der Waals surface area (Å²) in [4.78, 5) is 13.3. The van der Waals surface area contributed by atoms with Crippen molar-refractivity contribution in [2.24, 2.45) is 0 Å². The van der Waals surface area contributed by atoms with Gasteiger partial charge in [0.15, 0.2) is 12.6 Å². The topological polar surface area (TPSA) is 228 Å². The highest BCUT2D eigenvalue weighted by Crippen LogP contribution is 2.30. The number of aliphatic hydroxyl groups is 8. The average Bonchev–Trinajstić information content (AvgIpc) is 3.63. The minimum Gasteiger partial charge on any atom is -0.394 e. The van der Waals surface area contributed by atoms with Crippen LogP contribution in [0.15, 0.2) is 134 Å². The largest absolute Gasteiger partial charge is 0.394 e. The first kappa shape index (κ1) is 75.2. The Morgan fingerprint density at radius 3 is 1.33 bits per heavy atom. The van der Waals surface area contributed by atoms with Crippen LogP contribution in [0, 0.1) is 0 Å². The molecule has 0 aromatic carbocycles. The summed E-state index contributed by atoms with van der Waals surface area (Å²) in [7, 11) is 0. The molecule has 0 spiro atoms. The Morgan fingerprint density at radius 1 is 0.446 bits per heavy atom. The maximum Gasteiger partial charge on any atom is 0.220 e. The Balaban J connectivity index is 1.73. The van der Waals surface area contributed by atoms with Gasteiger partial charge in [-0.15, -0.1) is 0 Å². The van der Waals surface area contributed by atoms with Gasteiger partial charge in [0.1, 0.15) is 48.8 Å². The van der Waals surface area contributed by atoms with Crippen molar-refractivity contribution < 1.29 is 64.6 Å². The first-order chi connectivity index (χ1) is 40.6. The first-order valence-electron chi connectivity index (χ1n) is 31.9. The molecule has 12 atom stereocenters. The molecule has 2 fully saturated rings. The van der Waals surface area contributed by atoms with E-state index in [0.29, 0.717) is 12.8 Å². The molecule has 9 N–H and O–H groups in total. The Kier molecular flexibility index (Phi) is 47.5. The number of carbonyl (C=O) groups excluding carboxylic acids is 1. The van der Waals surface area contributed by atoms with Gasteiger partial charge in [0, 0.05) is 6.42 Å². The minimum atomic E-state index is -1.80. The minimum absolute atomic E-state index is 0.242. The molecular formula is C69H113NO13. The maximum absolute atomic E-state index is 13.3. The summed E-state index contributed by atoms with van der Waals surface area (Å²) in [5, 5.41) is 87.1. The van der Waals surface area contributed by atoms with E-state index in [9.17, 15) is 45.6 Å². The van der Waals surface area contributed by atoms with Gasteiger partial charge >= 0.3 is 0 Å². The van der Waals surface area contributed by atoms with Crippen LogP contribution < -0.4 is 5.32 Å². The van der Waals surface area contributed by atoms with E-state index in [1.165, 1.54) is 64.2 Å². The summed E-state index contributed by atoms with van der Waals surface area (Å²) < 4.78 is 22.8. The number of amides is 1. The van der Waals surface area contributed by atoms with Crippen LogP contribution in [0.3, 0.4) is 0 Å². The highest BCUT2D eigenvalue weighted by Gasteiger charge is 2.51. The van der Waals surface area contributed by atoms with Crippen molar-refractivity contribution in [1.82, 2.24) is 5.32 Å². The Morgan fingerprint density at radius 2 is 0.843 bits per heavy atom. The van der Waals surface area contributed by atoms with Crippen LogP contribution in [0.2, 0.25) is 0 Å². The van der Waals surface area contributed by atoms with Gasteiger partial charge in [0.2, 0.25) is 5.91 Å². The third-order valence-electron chi connectivity index (χ3n) is 14.6. The lowest BCUT2D eigenvalue weighted by Gasteiger charge is -2.46. The van der Waals surface area contributed by atoms with Crippen molar-refractivity contribution in [3.05, 3.63) is 134 Å². The van der Waals surface area contributed by atoms with Crippen molar-refractivity contribution in [2.45, 2.75) is 274 Å². The SMILES string of the molecule is CC/C=C\C/C=C\C/C=C\C/C=C\C/C=C\C/C=C\C/C=C\C/C=C\C/C=C\CCCCCCCC(=O)NC(COC1OC(CO)C(OC2OC(CO)C(O)C(O)C2O)C(O)C1O)C(O)/C=C/CC/C=C/CCCCCCCCCCCC. The van der Waals surface area contributed by atoms with E-state index in [0.717, 1.165) is 103 Å². The molecule has 0 aromatic heterocycles. The molecule has 2 aliphatic heterocycles. The predicted octanol–water partition coefficient (Wildman–Crippen LogP) is 11.9. The van der Waals surface area contributed by atoms with Crippen molar-refractivity contribution >= 4 is 5.91 Å². The molecule has 0 aliphatic carbocycles. The maximum atomic E-state index is 13.3. The van der Waals surface area contributed by atoms with E-state index < -0.39 is 86.8 Å². The van der Waals surface area contributed by atoms with E-state index in [1.807, 2.05) is 6.08 Å². The van der Waals surface area contributed by atoms with Crippen LogP contribution in [-0.4, -0.2) is 140 Å². The van der Waals surface area contributed by atoms with E-state index in [2.05, 4.69) is 141 Å². The Bertz CT molecular complexity index is 1900.